The van der Waals surface area contributed by atoms with Gasteiger partial charge in [-0.3, -0.25) is 0 Å². The van der Waals surface area contributed by atoms with Gasteiger partial charge in [-0.15, -0.1) is 0 Å². The van der Waals surface area contributed by atoms with E-state index < -0.39 is 0 Å². The summed E-state index contributed by atoms with van der Waals surface area (Å²) >= 11 is 0. The van der Waals surface area contributed by atoms with Crippen LogP contribution < -0.4 is 0 Å². The Kier molecular flexibility index (Phi) is 0.820. The molecule has 0 radical (unpaired) electrons. The summed E-state index contributed by atoms with van der Waals surface area (Å²) in [6.07, 6.45) is 2.62. The van der Waals surface area contributed by atoms with Crippen LogP contribution in [0, 0.1) is 0 Å². The van der Waals surface area contributed by atoms with Crippen LogP contribution in [0.4, 0.5) is 0 Å². The highest BCUT2D eigenvalue weighted by molar-refractivity contribution is 7.02. The van der Waals surface area contributed by atoms with Crippen molar-refractivity contribution in [1.82, 2.24) is 0 Å². The van der Waals surface area contributed by atoms with Crippen LogP contribution in [0.3, 0.4) is 0 Å². The molecule has 0 aliphatic carbocycles. The molecule has 34 valence electrons. The molecule has 1 aliphatic heterocycles. The van der Waals surface area contributed by atoms with Crippen LogP contribution in [0.5, 0.6) is 0 Å². The van der Waals surface area contributed by atoms with Gasteiger partial charge in [0.05, 0.1) is 0 Å². The van der Waals surface area contributed by atoms with Gasteiger partial charge >= 0.3 is 0 Å². The first-order valence-electron chi connectivity index (χ1n) is 2.03. The molecule has 0 aromatic heterocycles. The normalized spacial score (nSPS) is 17.7. The van der Waals surface area contributed by atoms with Gasteiger partial charge < -0.3 is 9.59 Å². The van der Waals surface area contributed by atoms with Crippen LogP contribution in [0.25, 0.3) is 0 Å². The first-order chi connectivity index (χ1) is 3.29. The predicted octanol–water partition coefficient (Wildman–Crippen LogP) is -0.954. The molecule has 0 atom stereocenters. The predicted molar refractivity (Wildman–Crippen MR) is 26.3 cm³/mol. The Morgan fingerprint density at radius 2 is 1.57 bits per heavy atom. The van der Waals surface area contributed by atoms with E-state index in [2.05, 4.69) is 0 Å². The van der Waals surface area contributed by atoms with E-state index in [4.69, 9.17) is 0 Å². The van der Waals surface area contributed by atoms with Crippen molar-refractivity contribution in [3.8, 4) is 0 Å². The lowest BCUT2D eigenvalue weighted by atomic mass is 9.74. The SMILES string of the molecule is O=C1BC(=O)C=C1. The Labute approximate surface area is 41.4 Å². The molecule has 0 N–H and O–H groups in total. The van der Waals surface area contributed by atoms with Crippen molar-refractivity contribution in [2.24, 2.45) is 0 Å². The van der Waals surface area contributed by atoms with E-state index in [1.807, 2.05) is 0 Å². The third-order valence-corrected chi connectivity index (χ3v) is 0.804. The van der Waals surface area contributed by atoms with E-state index in [0.717, 1.165) is 0 Å². The van der Waals surface area contributed by atoms with Gasteiger partial charge in [-0.25, -0.2) is 0 Å². The molecule has 0 spiro atoms. The van der Waals surface area contributed by atoms with Crippen LogP contribution in [0.15, 0.2) is 12.2 Å². The van der Waals surface area contributed by atoms with Crippen LogP contribution in [-0.2, 0) is 9.59 Å². The summed E-state index contributed by atoms with van der Waals surface area (Å²) in [7, 11) is 0.0833. The summed E-state index contributed by atoms with van der Waals surface area (Å²) < 4.78 is 0. The van der Waals surface area contributed by atoms with Crippen LogP contribution in [-0.4, -0.2) is 18.6 Å². The fourth-order valence-electron chi connectivity index (χ4n) is 0.475. The number of carbonyl (C=O) groups is 2. The monoisotopic (exact) mass is 94.0 g/mol. The lowest BCUT2D eigenvalue weighted by Gasteiger charge is -1.68. The Hall–Kier alpha value is -0.855. The van der Waals surface area contributed by atoms with Gasteiger partial charge in [-0.05, 0) is 12.2 Å². The van der Waals surface area contributed by atoms with Crippen molar-refractivity contribution in [1.29, 1.82) is 0 Å². The van der Waals surface area contributed by atoms with E-state index in [1.54, 1.807) is 0 Å². The van der Waals surface area contributed by atoms with Gasteiger partial charge in [-0.2, -0.15) is 0 Å². The molecular formula is C4H3BO2. The molecule has 0 bridgehead atoms. The second-order valence-electron chi connectivity index (χ2n) is 1.44. The molecule has 7 heavy (non-hydrogen) atoms. The summed E-state index contributed by atoms with van der Waals surface area (Å²) in [4.78, 5) is 20.3. The van der Waals surface area contributed by atoms with Gasteiger partial charge in [-0.1, -0.05) is 0 Å². The van der Waals surface area contributed by atoms with Gasteiger partial charge in [0.2, 0.25) is 0 Å². The minimum absolute atomic E-state index is 0.0787. The lowest BCUT2D eigenvalue weighted by Crippen LogP contribution is -2.07. The van der Waals surface area contributed by atoms with Crippen LogP contribution in [0.1, 0.15) is 0 Å². The minimum Gasteiger partial charge on any atom is -0.306 e. The fraction of sp³-hybridized carbons (Fsp3) is 0. The Bertz CT molecular complexity index is 132. The van der Waals surface area contributed by atoms with Crippen LogP contribution in [0.2, 0.25) is 0 Å². The number of rotatable bonds is 0. The van der Waals surface area contributed by atoms with Crippen molar-refractivity contribution in [3.63, 3.8) is 0 Å². The quantitative estimate of drug-likeness (QED) is 0.362. The first kappa shape index (κ1) is 4.31. The van der Waals surface area contributed by atoms with Crippen molar-refractivity contribution in [2.75, 3.05) is 0 Å². The van der Waals surface area contributed by atoms with Gasteiger partial charge in [0.25, 0.3) is 7.28 Å². The van der Waals surface area contributed by atoms with E-state index >= 15 is 0 Å². The highest BCUT2D eigenvalue weighted by Gasteiger charge is 2.12. The van der Waals surface area contributed by atoms with Crippen molar-refractivity contribution in [3.05, 3.63) is 12.2 Å². The molecule has 2 nitrogen and oxygen atoms in total. The maximum atomic E-state index is 10.1. The topological polar surface area (TPSA) is 34.1 Å². The van der Waals surface area contributed by atoms with Gasteiger partial charge in [0, 0.05) is 0 Å². The fourth-order valence-corrected chi connectivity index (χ4v) is 0.475. The molecule has 0 unspecified atom stereocenters. The molecule has 1 heterocycles. The largest absolute Gasteiger partial charge is 0.306 e. The second-order valence-corrected chi connectivity index (χ2v) is 1.44. The summed E-state index contributed by atoms with van der Waals surface area (Å²) in [5, 5.41) is 0. The highest BCUT2D eigenvalue weighted by Crippen LogP contribution is 1.86. The first-order valence-corrected chi connectivity index (χ1v) is 2.03. The van der Waals surface area contributed by atoms with E-state index in [0.29, 0.717) is 0 Å². The highest BCUT2D eigenvalue weighted by atomic mass is 16.1. The molecule has 1 aliphatic rings. The zero-order valence-electron chi connectivity index (χ0n) is 3.68. The summed E-state index contributed by atoms with van der Waals surface area (Å²) in [6.45, 7) is 0. The maximum Gasteiger partial charge on any atom is 0.296 e. The molecule has 3 heteroatoms. The van der Waals surface area contributed by atoms with Crippen molar-refractivity contribution in [2.45, 2.75) is 0 Å². The molecule has 0 saturated heterocycles. The Balaban J connectivity index is 2.76. The lowest BCUT2D eigenvalue weighted by molar-refractivity contribution is -0.109. The Morgan fingerprint density at radius 3 is 1.71 bits per heavy atom. The third kappa shape index (κ3) is 0.767. The third-order valence-electron chi connectivity index (χ3n) is 0.804. The summed E-state index contributed by atoms with van der Waals surface area (Å²) in [6, 6.07) is 0. The molecule has 0 fully saturated rings. The zero-order valence-corrected chi connectivity index (χ0v) is 3.68. The molecule has 0 aromatic rings. The zero-order chi connectivity index (χ0) is 5.28. The smallest absolute Gasteiger partial charge is 0.296 e. The number of carbonyl (C=O) groups excluding carboxylic acids is 2. The minimum atomic E-state index is -0.0787. The summed E-state index contributed by atoms with van der Waals surface area (Å²) in [5.41, 5.74) is -0.157. The van der Waals surface area contributed by atoms with E-state index in [-0.39, 0.29) is 18.6 Å². The van der Waals surface area contributed by atoms with Gasteiger partial charge in [0.15, 0.2) is 0 Å². The number of hydrogen-bond acceptors (Lipinski definition) is 2. The molecule has 0 amide bonds. The van der Waals surface area contributed by atoms with Crippen molar-refractivity contribution < 1.29 is 9.59 Å². The average molecular weight is 93.9 g/mol. The second kappa shape index (κ2) is 1.33. The van der Waals surface area contributed by atoms with Crippen molar-refractivity contribution >= 4 is 18.6 Å². The van der Waals surface area contributed by atoms with Gasteiger partial charge in [0.1, 0.15) is 11.4 Å². The van der Waals surface area contributed by atoms with E-state index in [9.17, 15) is 9.59 Å². The number of allylic oxidation sites excluding steroid dienone is 2. The molecular weight excluding hydrogens is 90.9 g/mol. The molecule has 0 aromatic carbocycles. The standard InChI is InChI=1S/C4H3BO2/c6-3-1-2-4(7)5-3/h1-2,5H. The van der Waals surface area contributed by atoms with Crippen LogP contribution >= 0.6 is 0 Å². The maximum absolute atomic E-state index is 10.1. The average Bonchev–Trinajstić information content (AvgIpc) is 1.87. The van der Waals surface area contributed by atoms with E-state index in [1.165, 1.54) is 12.2 Å². The molecule has 0 saturated carbocycles. The Morgan fingerprint density at radius 1 is 1.14 bits per heavy atom. The molecule has 1 rings (SSSR count). The summed E-state index contributed by atoms with van der Waals surface area (Å²) in [5.74, 6) is 0. The number of hydrogen-bond donors (Lipinski definition) is 0.